The van der Waals surface area contributed by atoms with Gasteiger partial charge < -0.3 is 9.64 Å². The molecule has 6 nitrogen and oxygen atoms in total. The highest BCUT2D eigenvalue weighted by atomic mass is 16.5. The SMILES string of the molecule is CCCCOc1cccc(NN=C(C#N)C(=N)N2CCCCC2)c1. The van der Waals surface area contributed by atoms with Gasteiger partial charge in [0.05, 0.1) is 12.3 Å². The van der Waals surface area contributed by atoms with Crippen molar-refractivity contribution in [3.63, 3.8) is 0 Å². The minimum Gasteiger partial charge on any atom is -0.494 e. The topological polar surface area (TPSA) is 84.5 Å². The van der Waals surface area contributed by atoms with Gasteiger partial charge in [-0.3, -0.25) is 10.8 Å². The van der Waals surface area contributed by atoms with Gasteiger partial charge in [-0.2, -0.15) is 10.4 Å². The van der Waals surface area contributed by atoms with Gasteiger partial charge >= 0.3 is 0 Å². The van der Waals surface area contributed by atoms with E-state index in [0.29, 0.717) is 6.61 Å². The molecule has 0 spiro atoms. The van der Waals surface area contributed by atoms with Gasteiger partial charge in [-0.25, -0.2) is 0 Å². The second-order valence-corrected chi connectivity index (χ2v) is 5.81. The summed E-state index contributed by atoms with van der Waals surface area (Å²) in [5.41, 5.74) is 3.71. The predicted molar refractivity (Wildman–Crippen MR) is 96.7 cm³/mol. The summed E-state index contributed by atoms with van der Waals surface area (Å²) in [5, 5.41) is 21.6. The number of hydrazone groups is 1. The van der Waals surface area contributed by atoms with Crippen LogP contribution in [0.5, 0.6) is 5.75 Å². The molecule has 24 heavy (non-hydrogen) atoms. The van der Waals surface area contributed by atoms with Crippen LogP contribution in [0.3, 0.4) is 0 Å². The third kappa shape index (κ3) is 5.27. The van der Waals surface area contributed by atoms with Crippen LogP contribution in [0.15, 0.2) is 29.4 Å². The van der Waals surface area contributed by atoms with Gasteiger partial charge in [0.25, 0.3) is 0 Å². The van der Waals surface area contributed by atoms with E-state index in [-0.39, 0.29) is 11.5 Å². The maximum atomic E-state index is 9.29. The first-order valence-corrected chi connectivity index (χ1v) is 8.55. The van der Waals surface area contributed by atoms with Crippen molar-refractivity contribution in [3.05, 3.63) is 24.3 Å². The number of ether oxygens (including phenoxy) is 1. The Labute approximate surface area is 143 Å². The molecule has 2 N–H and O–H groups in total. The molecule has 0 aromatic heterocycles. The van der Waals surface area contributed by atoms with Crippen LogP contribution in [-0.4, -0.2) is 36.1 Å². The third-order valence-corrected chi connectivity index (χ3v) is 3.90. The zero-order chi connectivity index (χ0) is 17.2. The average molecular weight is 327 g/mol. The number of piperidine rings is 1. The average Bonchev–Trinajstić information content (AvgIpc) is 2.63. The standard InChI is InChI=1S/C18H25N5O/c1-2-3-12-24-16-9-7-8-15(13-16)21-22-17(14-19)18(20)23-10-5-4-6-11-23/h7-9,13,20-21H,2-6,10-12H2,1H3. The lowest BCUT2D eigenvalue weighted by Crippen LogP contribution is -2.39. The fraction of sp³-hybridized carbons (Fsp3) is 0.500. The molecule has 1 aromatic rings. The van der Waals surface area contributed by atoms with E-state index in [2.05, 4.69) is 17.5 Å². The maximum absolute atomic E-state index is 9.29. The number of rotatable bonds is 7. The Hall–Kier alpha value is -2.55. The molecule has 6 heteroatoms. The van der Waals surface area contributed by atoms with Gasteiger partial charge in [-0.15, -0.1) is 0 Å². The van der Waals surface area contributed by atoms with Crippen molar-refractivity contribution < 1.29 is 4.74 Å². The van der Waals surface area contributed by atoms with Crippen LogP contribution in [-0.2, 0) is 0 Å². The van der Waals surface area contributed by atoms with Gasteiger partial charge in [0.15, 0.2) is 5.84 Å². The molecule has 1 aliphatic rings. The van der Waals surface area contributed by atoms with Crippen molar-refractivity contribution >= 4 is 17.2 Å². The van der Waals surface area contributed by atoms with Crippen molar-refractivity contribution in [2.24, 2.45) is 5.10 Å². The quantitative estimate of drug-likeness (QED) is 0.347. The minimum absolute atomic E-state index is 0.106. The number of amidine groups is 1. The minimum atomic E-state index is 0.106. The van der Waals surface area contributed by atoms with Crippen LogP contribution in [0.4, 0.5) is 5.69 Å². The molecule has 2 rings (SSSR count). The number of benzene rings is 1. The molecule has 0 radical (unpaired) electrons. The molecule has 0 amide bonds. The predicted octanol–water partition coefficient (Wildman–Crippen LogP) is 3.62. The van der Waals surface area contributed by atoms with Crippen molar-refractivity contribution in [1.82, 2.24) is 4.90 Å². The molecule has 0 unspecified atom stereocenters. The second kappa shape index (κ2) is 9.56. The number of nitrogens with zero attached hydrogens (tertiary/aromatic N) is 3. The van der Waals surface area contributed by atoms with Gasteiger partial charge in [0, 0.05) is 19.2 Å². The molecular weight excluding hydrogens is 302 g/mol. The molecule has 0 aliphatic carbocycles. The molecule has 1 saturated heterocycles. The van der Waals surface area contributed by atoms with Gasteiger partial charge in [-0.1, -0.05) is 19.4 Å². The van der Waals surface area contributed by atoms with Crippen LogP contribution in [0.1, 0.15) is 39.0 Å². The van der Waals surface area contributed by atoms with Crippen molar-refractivity contribution in [2.45, 2.75) is 39.0 Å². The number of nitrogens with one attached hydrogen (secondary N) is 2. The Bertz CT molecular complexity index is 614. The third-order valence-electron chi connectivity index (χ3n) is 3.90. The zero-order valence-corrected chi connectivity index (χ0v) is 14.2. The Morgan fingerprint density at radius 1 is 1.38 bits per heavy atom. The molecule has 1 fully saturated rings. The summed E-state index contributed by atoms with van der Waals surface area (Å²) in [7, 11) is 0. The smallest absolute Gasteiger partial charge is 0.202 e. The number of hydrogen-bond donors (Lipinski definition) is 2. The van der Waals surface area contributed by atoms with Crippen LogP contribution < -0.4 is 10.2 Å². The highest BCUT2D eigenvalue weighted by Crippen LogP contribution is 2.18. The molecule has 1 aromatic carbocycles. The summed E-state index contributed by atoms with van der Waals surface area (Å²) in [6.07, 6.45) is 5.41. The number of hydrogen-bond acceptors (Lipinski definition) is 5. The molecule has 0 saturated carbocycles. The Kier molecular flexibility index (Phi) is 7.09. The van der Waals surface area contributed by atoms with E-state index < -0.39 is 0 Å². The van der Waals surface area contributed by atoms with Gasteiger partial charge in [0.2, 0.25) is 5.71 Å². The summed E-state index contributed by atoms with van der Waals surface area (Å²) in [4.78, 5) is 1.91. The Morgan fingerprint density at radius 2 is 2.17 bits per heavy atom. The summed E-state index contributed by atoms with van der Waals surface area (Å²) in [6.45, 7) is 4.45. The zero-order valence-electron chi connectivity index (χ0n) is 14.2. The molecule has 128 valence electrons. The molecule has 1 aliphatic heterocycles. The van der Waals surface area contributed by atoms with E-state index in [1.54, 1.807) is 0 Å². The largest absolute Gasteiger partial charge is 0.494 e. The van der Waals surface area contributed by atoms with Crippen molar-refractivity contribution in [3.8, 4) is 11.8 Å². The maximum Gasteiger partial charge on any atom is 0.202 e. The van der Waals surface area contributed by atoms with E-state index in [1.807, 2.05) is 35.2 Å². The summed E-state index contributed by atoms with van der Waals surface area (Å²) < 4.78 is 5.66. The lowest BCUT2D eigenvalue weighted by molar-refractivity contribution is 0.309. The summed E-state index contributed by atoms with van der Waals surface area (Å²) in [6, 6.07) is 9.49. The first-order valence-electron chi connectivity index (χ1n) is 8.55. The lowest BCUT2D eigenvalue weighted by Gasteiger charge is -2.27. The van der Waals surface area contributed by atoms with Crippen LogP contribution in [0.25, 0.3) is 0 Å². The fourth-order valence-corrected chi connectivity index (χ4v) is 2.51. The van der Waals surface area contributed by atoms with Crippen LogP contribution in [0, 0.1) is 16.7 Å². The van der Waals surface area contributed by atoms with E-state index in [0.717, 1.165) is 50.2 Å². The van der Waals surface area contributed by atoms with Crippen LogP contribution in [0.2, 0.25) is 0 Å². The number of unbranched alkanes of at least 4 members (excludes halogenated alkanes) is 1. The fourth-order valence-electron chi connectivity index (χ4n) is 2.51. The van der Waals surface area contributed by atoms with Gasteiger partial charge in [0.1, 0.15) is 11.8 Å². The number of nitriles is 1. The number of anilines is 1. The first kappa shape index (κ1) is 17.8. The summed E-state index contributed by atoms with van der Waals surface area (Å²) >= 11 is 0. The highest BCUT2D eigenvalue weighted by molar-refractivity contribution is 6.46. The van der Waals surface area contributed by atoms with Crippen molar-refractivity contribution in [2.75, 3.05) is 25.1 Å². The van der Waals surface area contributed by atoms with Gasteiger partial charge in [-0.05, 0) is 37.8 Å². The lowest BCUT2D eigenvalue weighted by atomic mass is 10.1. The normalized spacial score (nSPS) is 14.8. The first-order chi connectivity index (χ1) is 11.7. The summed E-state index contributed by atoms with van der Waals surface area (Å²) in [5.74, 6) is 0.966. The molecule has 1 heterocycles. The number of likely N-dealkylation sites (tertiary alicyclic amines) is 1. The molecule has 0 bridgehead atoms. The highest BCUT2D eigenvalue weighted by Gasteiger charge is 2.18. The van der Waals surface area contributed by atoms with Crippen molar-refractivity contribution in [1.29, 1.82) is 10.7 Å². The Morgan fingerprint density at radius 3 is 2.88 bits per heavy atom. The van der Waals surface area contributed by atoms with E-state index in [1.165, 1.54) is 6.42 Å². The monoisotopic (exact) mass is 327 g/mol. The molecule has 0 atom stereocenters. The second-order valence-electron chi connectivity index (χ2n) is 5.81. The molecular formula is C18H25N5O. The van der Waals surface area contributed by atoms with E-state index in [4.69, 9.17) is 10.1 Å². The van der Waals surface area contributed by atoms with E-state index in [9.17, 15) is 5.26 Å². The van der Waals surface area contributed by atoms with Crippen LogP contribution >= 0.6 is 0 Å². The van der Waals surface area contributed by atoms with E-state index >= 15 is 0 Å². The Balaban J connectivity index is 1.98.